The maximum Gasteiger partial charge on any atom is 0.220 e. The zero-order valence-electron chi connectivity index (χ0n) is 12.7. The predicted molar refractivity (Wildman–Crippen MR) is 81.6 cm³/mol. The van der Waals surface area contributed by atoms with Gasteiger partial charge in [0.1, 0.15) is 5.82 Å². The molecule has 0 saturated heterocycles. The van der Waals surface area contributed by atoms with Gasteiger partial charge in [0.05, 0.1) is 17.1 Å². The summed E-state index contributed by atoms with van der Waals surface area (Å²) in [5, 5.41) is 3.03. The molecule has 1 amide bonds. The first-order valence-corrected chi connectivity index (χ1v) is 7.30. The standard InChI is InChI=1S/C16H23N3O/c1-5-8-15(20)17-12(4)16-18-13-9-6-7-10-14(13)19(16)11(2)3/h6-7,9-12H,5,8H2,1-4H3,(H,17,20)/t12-/m1/s1. The molecule has 0 fully saturated rings. The summed E-state index contributed by atoms with van der Waals surface area (Å²) in [6.45, 7) is 8.28. The van der Waals surface area contributed by atoms with E-state index in [1.54, 1.807) is 0 Å². The molecule has 0 spiro atoms. The van der Waals surface area contributed by atoms with Crippen LogP contribution in [0.1, 0.15) is 58.4 Å². The van der Waals surface area contributed by atoms with Crippen molar-refractivity contribution >= 4 is 16.9 Å². The molecule has 1 N–H and O–H groups in total. The average molecular weight is 273 g/mol. The topological polar surface area (TPSA) is 46.9 Å². The Balaban J connectivity index is 2.37. The quantitative estimate of drug-likeness (QED) is 0.904. The second-order valence-electron chi connectivity index (χ2n) is 5.46. The predicted octanol–water partition coefficient (Wildman–Crippen LogP) is 3.59. The van der Waals surface area contributed by atoms with Crippen molar-refractivity contribution < 1.29 is 4.79 Å². The fourth-order valence-corrected chi connectivity index (χ4v) is 2.52. The number of nitrogens with zero attached hydrogens (tertiary/aromatic N) is 2. The molecule has 1 atom stereocenters. The molecule has 108 valence electrons. The van der Waals surface area contributed by atoms with Gasteiger partial charge in [-0.25, -0.2) is 4.98 Å². The maximum atomic E-state index is 11.8. The van der Waals surface area contributed by atoms with Crippen molar-refractivity contribution in [1.82, 2.24) is 14.9 Å². The molecular formula is C16H23N3O. The number of fused-ring (bicyclic) bond motifs is 1. The molecule has 1 aromatic carbocycles. The molecular weight excluding hydrogens is 250 g/mol. The molecule has 0 aliphatic heterocycles. The number of amides is 1. The minimum Gasteiger partial charge on any atom is -0.346 e. The summed E-state index contributed by atoms with van der Waals surface area (Å²) >= 11 is 0. The van der Waals surface area contributed by atoms with Gasteiger partial charge in [0.25, 0.3) is 0 Å². The molecule has 0 saturated carbocycles. The van der Waals surface area contributed by atoms with Crippen molar-refractivity contribution in [1.29, 1.82) is 0 Å². The smallest absolute Gasteiger partial charge is 0.220 e. The molecule has 0 aliphatic carbocycles. The van der Waals surface area contributed by atoms with Crippen molar-refractivity contribution in [3.05, 3.63) is 30.1 Å². The number of para-hydroxylation sites is 2. The Bertz CT molecular complexity index is 601. The van der Waals surface area contributed by atoms with Crippen LogP contribution in [0.25, 0.3) is 11.0 Å². The van der Waals surface area contributed by atoms with Crippen molar-refractivity contribution in [3.8, 4) is 0 Å². The van der Waals surface area contributed by atoms with E-state index in [1.807, 2.05) is 32.0 Å². The van der Waals surface area contributed by atoms with Crippen LogP contribution in [0.5, 0.6) is 0 Å². The number of hydrogen-bond acceptors (Lipinski definition) is 2. The van der Waals surface area contributed by atoms with Crippen LogP contribution in [0.4, 0.5) is 0 Å². The van der Waals surface area contributed by atoms with Crippen LogP contribution in [0.2, 0.25) is 0 Å². The first kappa shape index (κ1) is 14.6. The lowest BCUT2D eigenvalue weighted by molar-refractivity contribution is -0.121. The van der Waals surface area contributed by atoms with E-state index in [0.717, 1.165) is 23.3 Å². The summed E-state index contributed by atoms with van der Waals surface area (Å²) in [7, 11) is 0. The molecule has 0 radical (unpaired) electrons. The van der Waals surface area contributed by atoms with Crippen LogP contribution in [0.15, 0.2) is 24.3 Å². The highest BCUT2D eigenvalue weighted by Crippen LogP contribution is 2.24. The van der Waals surface area contributed by atoms with Gasteiger partial charge in [-0.1, -0.05) is 19.1 Å². The summed E-state index contributed by atoms with van der Waals surface area (Å²) in [6.07, 6.45) is 1.42. The van der Waals surface area contributed by atoms with Gasteiger partial charge in [-0.3, -0.25) is 4.79 Å². The third-order valence-electron chi connectivity index (χ3n) is 3.38. The highest BCUT2D eigenvalue weighted by atomic mass is 16.1. The number of imidazole rings is 1. The van der Waals surface area contributed by atoms with Crippen molar-refractivity contribution in [2.24, 2.45) is 0 Å². The first-order valence-electron chi connectivity index (χ1n) is 7.30. The van der Waals surface area contributed by atoms with Crippen LogP contribution < -0.4 is 5.32 Å². The molecule has 0 unspecified atom stereocenters. The first-order chi connectivity index (χ1) is 9.54. The third-order valence-corrected chi connectivity index (χ3v) is 3.38. The number of rotatable bonds is 5. The zero-order valence-corrected chi connectivity index (χ0v) is 12.7. The van der Waals surface area contributed by atoms with Crippen LogP contribution >= 0.6 is 0 Å². The monoisotopic (exact) mass is 273 g/mol. The zero-order chi connectivity index (χ0) is 14.7. The number of nitrogens with one attached hydrogen (secondary N) is 1. The average Bonchev–Trinajstić information content (AvgIpc) is 2.78. The Hall–Kier alpha value is -1.84. The lowest BCUT2D eigenvalue weighted by Crippen LogP contribution is -2.28. The van der Waals surface area contributed by atoms with Gasteiger partial charge in [0, 0.05) is 12.5 Å². The number of carbonyl (C=O) groups is 1. The van der Waals surface area contributed by atoms with E-state index in [9.17, 15) is 4.79 Å². The third kappa shape index (κ3) is 2.84. The van der Waals surface area contributed by atoms with Gasteiger partial charge in [-0.15, -0.1) is 0 Å². The van der Waals surface area contributed by atoms with Crippen LogP contribution in [-0.4, -0.2) is 15.5 Å². The van der Waals surface area contributed by atoms with Gasteiger partial charge < -0.3 is 9.88 Å². The van der Waals surface area contributed by atoms with Gasteiger partial charge in [-0.05, 0) is 39.3 Å². The summed E-state index contributed by atoms with van der Waals surface area (Å²) in [5.74, 6) is 1.01. The van der Waals surface area contributed by atoms with Crippen molar-refractivity contribution in [3.63, 3.8) is 0 Å². The second-order valence-corrected chi connectivity index (χ2v) is 5.46. The Kier molecular flexibility index (Phi) is 4.42. The number of hydrogen-bond donors (Lipinski definition) is 1. The van der Waals surface area contributed by atoms with E-state index in [4.69, 9.17) is 4.98 Å². The molecule has 2 aromatic rings. The molecule has 20 heavy (non-hydrogen) atoms. The van der Waals surface area contributed by atoms with E-state index < -0.39 is 0 Å². The van der Waals surface area contributed by atoms with Crippen molar-refractivity contribution in [2.75, 3.05) is 0 Å². The Labute approximate surface area is 120 Å². The Morgan fingerprint density at radius 2 is 2.00 bits per heavy atom. The highest BCUT2D eigenvalue weighted by molar-refractivity contribution is 5.78. The fourth-order valence-electron chi connectivity index (χ4n) is 2.52. The molecule has 1 heterocycles. The molecule has 2 rings (SSSR count). The SMILES string of the molecule is CCCC(=O)N[C@H](C)c1nc2ccccc2n1C(C)C. The molecule has 4 nitrogen and oxygen atoms in total. The Morgan fingerprint density at radius 3 is 2.65 bits per heavy atom. The minimum absolute atomic E-state index is 0.0798. The maximum absolute atomic E-state index is 11.8. The largest absolute Gasteiger partial charge is 0.346 e. The second kappa shape index (κ2) is 6.07. The number of benzene rings is 1. The highest BCUT2D eigenvalue weighted by Gasteiger charge is 2.19. The van der Waals surface area contributed by atoms with Gasteiger partial charge in [0.2, 0.25) is 5.91 Å². The summed E-state index contributed by atoms with van der Waals surface area (Å²) in [4.78, 5) is 16.5. The normalized spacial score (nSPS) is 12.8. The summed E-state index contributed by atoms with van der Waals surface area (Å²) in [6, 6.07) is 8.33. The number of aromatic nitrogens is 2. The fraction of sp³-hybridized carbons (Fsp3) is 0.500. The van der Waals surface area contributed by atoms with Gasteiger partial charge in [0.15, 0.2) is 0 Å². The summed E-state index contributed by atoms with van der Waals surface area (Å²) in [5.41, 5.74) is 2.10. The lowest BCUT2D eigenvalue weighted by atomic mass is 10.2. The van der Waals surface area contributed by atoms with E-state index in [-0.39, 0.29) is 11.9 Å². The summed E-state index contributed by atoms with van der Waals surface area (Å²) < 4.78 is 2.20. The van der Waals surface area contributed by atoms with E-state index >= 15 is 0 Å². The van der Waals surface area contributed by atoms with Crippen LogP contribution in [-0.2, 0) is 4.79 Å². The molecule has 0 bridgehead atoms. The van der Waals surface area contributed by atoms with Crippen LogP contribution in [0, 0.1) is 0 Å². The lowest BCUT2D eigenvalue weighted by Gasteiger charge is -2.18. The molecule has 0 aliphatic rings. The van der Waals surface area contributed by atoms with E-state index in [2.05, 4.69) is 29.8 Å². The van der Waals surface area contributed by atoms with Crippen LogP contribution in [0.3, 0.4) is 0 Å². The number of carbonyl (C=O) groups excluding carboxylic acids is 1. The van der Waals surface area contributed by atoms with Crippen molar-refractivity contribution in [2.45, 2.75) is 52.6 Å². The molecule has 4 heteroatoms. The van der Waals surface area contributed by atoms with E-state index in [0.29, 0.717) is 12.5 Å². The minimum atomic E-state index is -0.0798. The molecule has 1 aromatic heterocycles. The van der Waals surface area contributed by atoms with E-state index in [1.165, 1.54) is 0 Å². The van der Waals surface area contributed by atoms with Gasteiger partial charge in [-0.2, -0.15) is 0 Å². The van der Waals surface area contributed by atoms with Gasteiger partial charge >= 0.3 is 0 Å². The Morgan fingerprint density at radius 1 is 1.30 bits per heavy atom.